The van der Waals surface area contributed by atoms with E-state index in [9.17, 15) is 0 Å². The number of hydrogen-bond acceptors (Lipinski definition) is 0. The predicted molar refractivity (Wildman–Crippen MR) is 112 cm³/mol. The van der Waals surface area contributed by atoms with E-state index in [2.05, 4.69) is 66.7 Å². The third-order valence-electron chi connectivity index (χ3n) is 5.79. The maximum atomic E-state index is 2.55. The highest BCUT2D eigenvalue weighted by Gasteiger charge is 2.21. The van der Waals surface area contributed by atoms with Gasteiger partial charge in [0.1, 0.15) is 0 Å². The molecule has 0 atom stereocenters. The van der Waals surface area contributed by atoms with Crippen molar-refractivity contribution in [3.8, 4) is 0 Å². The average Bonchev–Trinajstić information content (AvgIpc) is 3.06. The Morgan fingerprint density at radius 3 is 2.20 bits per heavy atom. The molecule has 0 spiro atoms. The molecular weight excluding hydrogens is 316 g/mol. The quantitative estimate of drug-likeness (QED) is 0.655. The maximum absolute atomic E-state index is 2.55. The largest absolute Gasteiger partial charge is 0.0836 e. The summed E-state index contributed by atoms with van der Waals surface area (Å²) in [6, 6.07) is 22.2. The van der Waals surface area contributed by atoms with Crippen LogP contribution in [-0.2, 0) is 0 Å². The van der Waals surface area contributed by atoms with Crippen molar-refractivity contribution in [2.24, 2.45) is 5.92 Å². The molecule has 1 heteroatoms. The monoisotopic (exact) mass is 344 g/mol. The van der Waals surface area contributed by atoms with Gasteiger partial charge in [-0.15, -0.1) is 0 Å². The lowest BCUT2D eigenvalue weighted by atomic mass is 9.84. The van der Waals surface area contributed by atoms with Crippen LogP contribution in [0.15, 0.2) is 77.5 Å². The van der Waals surface area contributed by atoms with Crippen LogP contribution in [0.5, 0.6) is 0 Å². The molecule has 0 nitrogen and oxygen atoms in total. The van der Waals surface area contributed by atoms with Crippen molar-refractivity contribution in [3.63, 3.8) is 0 Å². The summed E-state index contributed by atoms with van der Waals surface area (Å²) in [6.45, 7) is 0. The summed E-state index contributed by atoms with van der Waals surface area (Å²) in [6.07, 6.45) is 12.4. The van der Waals surface area contributed by atoms with Gasteiger partial charge in [0.15, 0.2) is 0 Å². The van der Waals surface area contributed by atoms with Gasteiger partial charge in [-0.3, -0.25) is 0 Å². The zero-order valence-electron chi connectivity index (χ0n) is 15.1. The molecule has 1 saturated carbocycles. The van der Waals surface area contributed by atoms with Crippen LogP contribution in [0.3, 0.4) is 0 Å². The first-order valence-corrected chi connectivity index (χ1v) is 11.3. The Morgan fingerprint density at radius 2 is 1.48 bits per heavy atom. The molecule has 2 aliphatic rings. The molecule has 0 amide bonds. The van der Waals surface area contributed by atoms with Crippen molar-refractivity contribution in [2.75, 3.05) is 0 Å². The molecule has 128 valence electrons. The van der Waals surface area contributed by atoms with Gasteiger partial charge in [0.2, 0.25) is 0 Å². The van der Waals surface area contributed by atoms with Crippen LogP contribution in [0.1, 0.15) is 50.5 Å². The second-order valence-electron chi connectivity index (χ2n) is 7.73. The second-order valence-corrected chi connectivity index (χ2v) is 9.76. The van der Waals surface area contributed by atoms with Crippen molar-refractivity contribution >= 4 is 20.3 Å². The summed E-state index contributed by atoms with van der Waals surface area (Å²) >= 11 is 0. The highest BCUT2D eigenvalue weighted by atomic mass is 28.2. The number of hydrogen-bond donors (Lipinski definition) is 0. The minimum atomic E-state index is -0.368. The van der Waals surface area contributed by atoms with E-state index in [0.717, 1.165) is 5.92 Å². The van der Waals surface area contributed by atoms with Crippen molar-refractivity contribution in [3.05, 3.63) is 83.1 Å². The standard InChI is InChI=1S/C24H28Si/c1-4-10-19(11-5-1)16-20-17-23(21-12-6-2-7-13-21)24(18-20)25-22-14-8-3-9-15-22/h2-3,6-9,12-15,17,19H,1,4-5,10-11,16,18,25H2. The molecule has 0 saturated heterocycles. The lowest BCUT2D eigenvalue weighted by Gasteiger charge is -2.22. The summed E-state index contributed by atoms with van der Waals surface area (Å²) < 4.78 is 0. The second kappa shape index (κ2) is 8.01. The summed E-state index contributed by atoms with van der Waals surface area (Å²) in [7, 11) is -0.368. The fourth-order valence-corrected chi connectivity index (χ4v) is 6.47. The van der Waals surface area contributed by atoms with E-state index in [4.69, 9.17) is 0 Å². The SMILES string of the molecule is C1=C(CC2CCCCC2)CC([SiH2]c2ccccc2)=C1c1ccccc1. The summed E-state index contributed by atoms with van der Waals surface area (Å²) in [5.74, 6) is 0.940. The lowest BCUT2D eigenvalue weighted by molar-refractivity contribution is 0.355. The smallest absolute Gasteiger partial charge is 0.0710 e. The average molecular weight is 345 g/mol. The van der Waals surface area contributed by atoms with Gasteiger partial charge in [-0.05, 0) is 29.9 Å². The third-order valence-corrected chi connectivity index (χ3v) is 7.73. The molecule has 0 aromatic heterocycles. The molecular formula is C24H28Si. The summed E-state index contributed by atoms with van der Waals surface area (Å²) in [4.78, 5) is 0. The van der Waals surface area contributed by atoms with Crippen molar-refractivity contribution in [1.29, 1.82) is 0 Å². The first-order valence-electron chi connectivity index (χ1n) is 9.89. The molecule has 0 heterocycles. The first-order chi connectivity index (χ1) is 12.4. The Hall–Kier alpha value is -1.86. The van der Waals surface area contributed by atoms with E-state index in [1.54, 1.807) is 21.5 Å². The van der Waals surface area contributed by atoms with E-state index in [-0.39, 0.29) is 9.52 Å². The molecule has 0 radical (unpaired) electrons. The van der Waals surface area contributed by atoms with Gasteiger partial charge in [-0.25, -0.2) is 0 Å². The Labute approximate surface area is 154 Å². The Bertz CT molecular complexity index is 749. The van der Waals surface area contributed by atoms with E-state index in [1.807, 2.05) is 0 Å². The molecule has 0 bridgehead atoms. The predicted octanol–water partition coefficient (Wildman–Crippen LogP) is 5.19. The van der Waals surface area contributed by atoms with Gasteiger partial charge < -0.3 is 0 Å². The Morgan fingerprint density at radius 1 is 0.800 bits per heavy atom. The van der Waals surface area contributed by atoms with Gasteiger partial charge in [-0.2, -0.15) is 0 Å². The topological polar surface area (TPSA) is 0 Å². The van der Waals surface area contributed by atoms with Gasteiger partial charge >= 0.3 is 0 Å². The zero-order valence-corrected chi connectivity index (χ0v) is 16.5. The van der Waals surface area contributed by atoms with Gasteiger partial charge in [0.25, 0.3) is 0 Å². The normalized spacial score (nSPS) is 19.0. The molecule has 0 unspecified atom stereocenters. The van der Waals surface area contributed by atoms with Crippen LogP contribution in [0, 0.1) is 5.92 Å². The van der Waals surface area contributed by atoms with Crippen LogP contribution >= 0.6 is 0 Å². The third kappa shape index (κ3) is 4.22. The number of rotatable bonds is 5. The summed E-state index contributed by atoms with van der Waals surface area (Å²) in [5, 5.41) is 3.31. The lowest BCUT2D eigenvalue weighted by Crippen LogP contribution is -2.16. The molecule has 2 aromatic carbocycles. The summed E-state index contributed by atoms with van der Waals surface area (Å²) in [5.41, 5.74) is 4.66. The van der Waals surface area contributed by atoms with Gasteiger partial charge in [0, 0.05) is 0 Å². The van der Waals surface area contributed by atoms with E-state index < -0.39 is 0 Å². The minimum absolute atomic E-state index is 0.368. The van der Waals surface area contributed by atoms with E-state index >= 15 is 0 Å². The fourth-order valence-electron chi connectivity index (χ4n) is 4.52. The molecule has 0 aliphatic heterocycles. The maximum Gasteiger partial charge on any atom is 0.0836 e. The van der Waals surface area contributed by atoms with Crippen LogP contribution in [0.4, 0.5) is 0 Å². The molecule has 4 rings (SSSR count). The molecule has 2 aliphatic carbocycles. The Balaban J connectivity index is 1.56. The number of allylic oxidation sites excluding steroid dienone is 4. The highest BCUT2D eigenvalue weighted by molar-refractivity contribution is 6.62. The molecule has 1 fully saturated rings. The van der Waals surface area contributed by atoms with E-state index in [0.29, 0.717) is 0 Å². The Kier molecular flexibility index (Phi) is 5.32. The van der Waals surface area contributed by atoms with Crippen LogP contribution < -0.4 is 5.19 Å². The zero-order chi connectivity index (χ0) is 16.9. The molecule has 0 N–H and O–H groups in total. The number of benzene rings is 2. The minimum Gasteiger partial charge on any atom is -0.0710 e. The van der Waals surface area contributed by atoms with Crippen LogP contribution in [0.2, 0.25) is 0 Å². The molecule has 25 heavy (non-hydrogen) atoms. The van der Waals surface area contributed by atoms with Crippen molar-refractivity contribution in [1.82, 2.24) is 0 Å². The van der Waals surface area contributed by atoms with Crippen LogP contribution in [-0.4, -0.2) is 9.52 Å². The van der Waals surface area contributed by atoms with Crippen LogP contribution in [0.25, 0.3) is 5.57 Å². The van der Waals surface area contributed by atoms with Crippen molar-refractivity contribution in [2.45, 2.75) is 44.9 Å². The first kappa shape index (κ1) is 16.6. The fraction of sp³-hybridized carbons (Fsp3) is 0.333. The highest BCUT2D eigenvalue weighted by Crippen LogP contribution is 2.37. The van der Waals surface area contributed by atoms with Gasteiger partial charge in [-0.1, -0.05) is 115 Å². The van der Waals surface area contributed by atoms with Crippen molar-refractivity contribution < 1.29 is 0 Å². The van der Waals surface area contributed by atoms with Gasteiger partial charge in [0.05, 0.1) is 9.52 Å². The molecule has 2 aromatic rings. The van der Waals surface area contributed by atoms with E-state index in [1.165, 1.54) is 50.5 Å².